The third-order valence-corrected chi connectivity index (χ3v) is 2.83. The third-order valence-electron chi connectivity index (χ3n) is 2.11. The SMILES string of the molecule is FC1(F)C[C@@H]1c1ccccc1Br. The Bertz CT molecular complexity index is 309. The van der Waals surface area contributed by atoms with Crippen LogP contribution in [0.1, 0.15) is 17.9 Å². The second-order valence-electron chi connectivity index (χ2n) is 3.04. The highest BCUT2D eigenvalue weighted by molar-refractivity contribution is 9.10. The summed E-state index contributed by atoms with van der Waals surface area (Å²) in [6, 6.07) is 7.15. The Hall–Kier alpha value is -0.440. The fraction of sp³-hybridized carbons (Fsp3) is 0.333. The number of alkyl halides is 2. The Morgan fingerprint density at radius 2 is 1.92 bits per heavy atom. The molecule has 1 saturated carbocycles. The minimum absolute atomic E-state index is 0.00435. The molecule has 12 heavy (non-hydrogen) atoms. The molecule has 1 aliphatic carbocycles. The first-order valence-electron chi connectivity index (χ1n) is 3.73. The van der Waals surface area contributed by atoms with Crippen LogP contribution in [0.4, 0.5) is 8.78 Å². The van der Waals surface area contributed by atoms with Gasteiger partial charge in [0.1, 0.15) is 0 Å². The molecule has 1 aromatic carbocycles. The second-order valence-corrected chi connectivity index (χ2v) is 3.89. The maximum atomic E-state index is 12.6. The van der Waals surface area contributed by atoms with E-state index in [9.17, 15) is 8.78 Å². The maximum absolute atomic E-state index is 12.6. The molecule has 0 bridgehead atoms. The number of hydrogen-bond donors (Lipinski definition) is 0. The molecule has 1 fully saturated rings. The summed E-state index contributed by atoms with van der Waals surface area (Å²) >= 11 is 3.26. The maximum Gasteiger partial charge on any atom is 0.255 e. The summed E-state index contributed by atoms with van der Waals surface area (Å²) in [6.07, 6.45) is -0.00435. The molecular weight excluding hydrogens is 226 g/mol. The van der Waals surface area contributed by atoms with Crippen LogP contribution in [0.5, 0.6) is 0 Å². The van der Waals surface area contributed by atoms with Gasteiger partial charge in [-0.25, -0.2) is 8.78 Å². The zero-order valence-corrected chi connectivity index (χ0v) is 7.81. The molecule has 0 amide bonds. The predicted molar refractivity (Wildman–Crippen MR) is 46.4 cm³/mol. The molecule has 0 radical (unpaired) electrons. The lowest BCUT2D eigenvalue weighted by Gasteiger charge is -2.01. The number of halogens is 3. The first kappa shape index (κ1) is 8.17. The quantitative estimate of drug-likeness (QED) is 0.695. The fourth-order valence-electron chi connectivity index (χ4n) is 1.31. The molecule has 0 heterocycles. The van der Waals surface area contributed by atoms with Gasteiger partial charge in [-0.1, -0.05) is 34.1 Å². The van der Waals surface area contributed by atoms with E-state index < -0.39 is 11.8 Å². The molecular formula is C9H7BrF2. The van der Waals surface area contributed by atoms with Crippen LogP contribution in [0.2, 0.25) is 0 Å². The van der Waals surface area contributed by atoms with E-state index in [1.165, 1.54) is 0 Å². The second kappa shape index (κ2) is 2.52. The van der Waals surface area contributed by atoms with E-state index in [1.807, 2.05) is 6.07 Å². The Kier molecular flexibility index (Phi) is 1.72. The van der Waals surface area contributed by atoms with Gasteiger partial charge in [0, 0.05) is 10.9 Å². The van der Waals surface area contributed by atoms with Crippen LogP contribution >= 0.6 is 15.9 Å². The van der Waals surface area contributed by atoms with Gasteiger partial charge in [-0.2, -0.15) is 0 Å². The normalized spacial score (nSPS) is 25.4. The molecule has 1 aliphatic rings. The van der Waals surface area contributed by atoms with Gasteiger partial charge < -0.3 is 0 Å². The Labute approximate surface area is 77.7 Å². The van der Waals surface area contributed by atoms with E-state index in [1.54, 1.807) is 18.2 Å². The van der Waals surface area contributed by atoms with Crippen molar-refractivity contribution in [3.8, 4) is 0 Å². The van der Waals surface area contributed by atoms with Crippen LogP contribution in [-0.4, -0.2) is 5.92 Å². The molecule has 1 aromatic rings. The molecule has 0 saturated heterocycles. The molecule has 64 valence electrons. The largest absolute Gasteiger partial charge is 0.255 e. The van der Waals surface area contributed by atoms with Crippen molar-refractivity contribution in [1.82, 2.24) is 0 Å². The average Bonchev–Trinajstić information content (AvgIpc) is 2.61. The highest BCUT2D eigenvalue weighted by Gasteiger charge is 2.57. The minimum Gasteiger partial charge on any atom is -0.206 e. The van der Waals surface area contributed by atoms with E-state index in [4.69, 9.17) is 0 Å². The molecule has 0 aromatic heterocycles. The first-order valence-corrected chi connectivity index (χ1v) is 4.53. The smallest absolute Gasteiger partial charge is 0.206 e. The van der Waals surface area contributed by atoms with Gasteiger partial charge in [-0.15, -0.1) is 0 Å². The Balaban J connectivity index is 2.31. The number of rotatable bonds is 1. The lowest BCUT2D eigenvalue weighted by atomic mass is 10.1. The van der Waals surface area contributed by atoms with Gasteiger partial charge in [0.2, 0.25) is 0 Å². The van der Waals surface area contributed by atoms with Crippen molar-refractivity contribution in [2.24, 2.45) is 0 Å². The molecule has 0 nitrogen and oxygen atoms in total. The Morgan fingerprint density at radius 3 is 2.42 bits per heavy atom. The van der Waals surface area contributed by atoms with E-state index in [-0.39, 0.29) is 6.42 Å². The van der Waals surface area contributed by atoms with E-state index in [0.29, 0.717) is 0 Å². The molecule has 0 spiro atoms. The molecule has 3 heteroatoms. The van der Waals surface area contributed by atoms with Crippen molar-refractivity contribution in [1.29, 1.82) is 0 Å². The van der Waals surface area contributed by atoms with Gasteiger partial charge in [0.25, 0.3) is 5.92 Å². The Morgan fingerprint density at radius 1 is 1.33 bits per heavy atom. The number of benzene rings is 1. The molecule has 0 aliphatic heterocycles. The van der Waals surface area contributed by atoms with E-state index in [2.05, 4.69) is 15.9 Å². The van der Waals surface area contributed by atoms with Crippen molar-refractivity contribution in [2.75, 3.05) is 0 Å². The summed E-state index contributed by atoms with van der Waals surface area (Å²) in [6.45, 7) is 0. The standard InChI is InChI=1S/C9H7BrF2/c10-8-4-2-1-3-6(8)7-5-9(7,11)12/h1-4,7H,5H2/t7-/m1/s1. The van der Waals surface area contributed by atoms with Crippen LogP contribution in [0, 0.1) is 0 Å². The summed E-state index contributed by atoms with van der Waals surface area (Å²) in [5.74, 6) is -3.03. The molecule has 2 rings (SSSR count). The monoisotopic (exact) mass is 232 g/mol. The van der Waals surface area contributed by atoms with Gasteiger partial charge in [-0.3, -0.25) is 0 Å². The summed E-state index contributed by atoms with van der Waals surface area (Å²) < 4.78 is 26.1. The minimum atomic E-state index is -2.47. The van der Waals surface area contributed by atoms with E-state index >= 15 is 0 Å². The van der Waals surface area contributed by atoms with Gasteiger partial charge in [-0.05, 0) is 11.6 Å². The molecule has 1 atom stereocenters. The zero-order valence-electron chi connectivity index (χ0n) is 6.23. The van der Waals surface area contributed by atoms with E-state index in [0.717, 1.165) is 10.0 Å². The predicted octanol–water partition coefficient (Wildman–Crippen LogP) is 3.57. The van der Waals surface area contributed by atoms with Crippen molar-refractivity contribution < 1.29 is 8.78 Å². The zero-order chi connectivity index (χ0) is 8.77. The van der Waals surface area contributed by atoms with Crippen molar-refractivity contribution >= 4 is 15.9 Å². The van der Waals surface area contributed by atoms with Crippen LogP contribution in [0.25, 0.3) is 0 Å². The van der Waals surface area contributed by atoms with Crippen LogP contribution in [0.3, 0.4) is 0 Å². The van der Waals surface area contributed by atoms with Gasteiger partial charge in [0.15, 0.2) is 0 Å². The van der Waals surface area contributed by atoms with Crippen molar-refractivity contribution in [3.63, 3.8) is 0 Å². The van der Waals surface area contributed by atoms with Gasteiger partial charge in [0.05, 0.1) is 5.92 Å². The van der Waals surface area contributed by atoms with Crippen molar-refractivity contribution in [2.45, 2.75) is 18.3 Å². The van der Waals surface area contributed by atoms with Gasteiger partial charge >= 0.3 is 0 Å². The highest BCUT2D eigenvalue weighted by Crippen LogP contribution is 2.56. The third kappa shape index (κ3) is 1.26. The lowest BCUT2D eigenvalue weighted by molar-refractivity contribution is 0.112. The summed E-state index contributed by atoms with van der Waals surface area (Å²) in [5.41, 5.74) is 0.725. The fourth-order valence-corrected chi connectivity index (χ4v) is 1.87. The average molecular weight is 233 g/mol. The topological polar surface area (TPSA) is 0 Å². The molecule has 0 unspecified atom stereocenters. The number of hydrogen-bond acceptors (Lipinski definition) is 0. The molecule has 0 N–H and O–H groups in total. The summed E-state index contributed by atoms with van der Waals surface area (Å²) in [7, 11) is 0. The van der Waals surface area contributed by atoms with Crippen LogP contribution < -0.4 is 0 Å². The lowest BCUT2D eigenvalue weighted by Crippen LogP contribution is -1.93. The first-order chi connectivity index (χ1) is 5.61. The van der Waals surface area contributed by atoms with Crippen LogP contribution in [-0.2, 0) is 0 Å². The summed E-state index contributed by atoms with van der Waals surface area (Å²) in [4.78, 5) is 0. The summed E-state index contributed by atoms with van der Waals surface area (Å²) in [5, 5.41) is 0. The van der Waals surface area contributed by atoms with Crippen molar-refractivity contribution in [3.05, 3.63) is 34.3 Å². The highest BCUT2D eigenvalue weighted by atomic mass is 79.9. The van der Waals surface area contributed by atoms with Crippen LogP contribution in [0.15, 0.2) is 28.7 Å².